The summed E-state index contributed by atoms with van der Waals surface area (Å²) >= 11 is 0. The molecule has 0 aliphatic carbocycles. The molecule has 58 heavy (non-hydrogen) atoms. The number of pyridine rings is 1. The molecule has 0 spiro atoms. The zero-order valence-electron chi connectivity index (χ0n) is 32.3. The molecule has 4 heterocycles. The van der Waals surface area contributed by atoms with Crippen molar-refractivity contribution in [3.05, 3.63) is 182 Å². The zero-order chi connectivity index (χ0) is 38.7. The number of rotatable bonds is 9. The molecule has 0 N–H and O–H groups in total. The average molecular weight is 753 g/mol. The molecule has 11 rings (SSSR count). The molecule has 6 nitrogen and oxygen atoms in total. The lowest BCUT2D eigenvalue weighted by atomic mass is 9.95. The average Bonchev–Trinajstić information content (AvgIpc) is 3.94. The molecule has 7 aromatic carbocycles. The van der Waals surface area contributed by atoms with Crippen LogP contribution in [0.4, 0.5) is 22.7 Å². The van der Waals surface area contributed by atoms with Crippen molar-refractivity contribution in [3.63, 3.8) is 0 Å². The summed E-state index contributed by atoms with van der Waals surface area (Å²) in [7, 11) is 0. The molecule has 0 radical (unpaired) electrons. The fourth-order valence-corrected chi connectivity index (χ4v) is 8.87. The molecule has 0 fully saturated rings. The van der Waals surface area contributed by atoms with Gasteiger partial charge in [-0.25, -0.2) is 4.98 Å². The molecule has 0 saturated carbocycles. The highest BCUT2D eigenvalue weighted by molar-refractivity contribution is 6.23. The van der Waals surface area contributed by atoms with Gasteiger partial charge in [-0.1, -0.05) is 117 Å². The number of nitrogens with zero attached hydrogens (tertiary/aromatic N) is 4. The van der Waals surface area contributed by atoms with E-state index in [1.54, 1.807) is 0 Å². The second-order valence-electron chi connectivity index (χ2n) is 15.5. The third-order valence-corrected chi connectivity index (χ3v) is 11.3. The SMILES string of the molecule is CC(C)Cc1ccnc(-n2c3cccc4oc5cc(Oc6cccc(N7CN(c8c(-c9ccccc9)cccc8-c8ccccc8)c8ccccc87)c6)cc2c5c43)c1. The summed E-state index contributed by atoms with van der Waals surface area (Å²) in [6.45, 7) is 5.12. The van der Waals surface area contributed by atoms with Crippen LogP contribution in [0.1, 0.15) is 19.4 Å². The van der Waals surface area contributed by atoms with E-state index in [4.69, 9.17) is 14.1 Å². The minimum atomic E-state index is 0.545. The number of aromatic nitrogens is 2. The van der Waals surface area contributed by atoms with Crippen molar-refractivity contribution in [2.75, 3.05) is 16.5 Å². The Morgan fingerprint density at radius 3 is 2.00 bits per heavy atom. The zero-order valence-corrected chi connectivity index (χ0v) is 32.3. The predicted molar refractivity (Wildman–Crippen MR) is 237 cm³/mol. The first-order chi connectivity index (χ1) is 28.6. The van der Waals surface area contributed by atoms with E-state index in [-0.39, 0.29) is 0 Å². The fourth-order valence-electron chi connectivity index (χ4n) is 8.87. The monoisotopic (exact) mass is 752 g/mol. The Labute approximate surface area is 337 Å². The molecule has 0 amide bonds. The van der Waals surface area contributed by atoms with Crippen LogP contribution in [0.15, 0.2) is 180 Å². The number of anilines is 4. The lowest BCUT2D eigenvalue weighted by molar-refractivity contribution is 0.482. The van der Waals surface area contributed by atoms with Gasteiger partial charge in [-0.3, -0.25) is 4.57 Å². The second kappa shape index (κ2) is 13.7. The number of para-hydroxylation sites is 3. The molecule has 6 heteroatoms. The third-order valence-electron chi connectivity index (χ3n) is 11.3. The van der Waals surface area contributed by atoms with Gasteiger partial charge in [-0.05, 0) is 77.6 Å². The van der Waals surface area contributed by atoms with Gasteiger partial charge in [0.2, 0.25) is 0 Å². The largest absolute Gasteiger partial charge is 0.457 e. The van der Waals surface area contributed by atoms with Gasteiger partial charge in [0.25, 0.3) is 0 Å². The van der Waals surface area contributed by atoms with Crippen molar-refractivity contribution < 1.29 is 9.15 Å². The minimum absolute atomic E-state index is 0.545. The van der Waals surface area contributed by atoms with Gasteiger partial charge in [0.05, 0.1) is 38.9 Å². The molecular weight excluding hydrogens is 713 g/mol. The van der Waals surface area contributed by atoms with E-state index >= 15 is 0 Å². The maximum absolute atomic E-state index is 6.78. The summed E-state index contributed by atoms with van der Waals surface area (Å²) < 4.78 is 15.5. The summed E-state index contributed by atoms with van der Waals surface area (Å²) in [6.07, 6.45) is 2.91. The topological polar surface area (TPSA) is 46.7 Å². The molecule has 0 unspecified atom stereocenters. The van der Waals surface area contributed by atoms with Crippen LogP contribution in [0.3, 0.4) is 0 Å². The van der Waals surface area contributed by atoms with Gasteiger partial charge in [0, 0.05) is 41.2 Å². The van der Waals surface area contributed by atoms with E-state index in [9.17, 15) is 0 Å². The molecule has 10 aromatic rings. The molecule has 0 atom stereocenters. The Kier molecular flexibility index (Phi) is 8.03. The Balaban J connectivity index is 0.986. The van der Waals surface area contributed by atoms with Gasteiger partial charge >= 0.3 is 0 Å². The van der Waals surface area contributed by atoms with E-state index < -0.39 is 0 Å². The number of benzene rings is 7. The van der Waals surface area contributed by atoms with Gasteiger partial charge < -0.3 is 19.0 Å². The second-order valence-corrected chi connectivity index (χ2v) is 15.5. The number of hydrogen-bond donors (Lipinski definition) is 0. The first kappa shape index (κ1) is 34.0. The first-order valence-corrected chi connectivity index (χ1v) is 20.0. The van der Waals surface area contributed by atoms with Crippen LogP contribution in [0.25, 0.3) is 61.0 Å². The highest BCUT2D eigenvalue weighted by atomic mass is 16.5. The highest BCUT2D eigenvalue weighted by Gasteiger charge is 2.31. The van der Waals surface area contributed by atoms with Crippen LogP contribution in [0.5, 0.6) is 11.5 Å². The Bertz CT molecular complexity index is 3030. The molecule has 0 saturated heterocycles. The van der Waals surface area contributed by atoms with Crippen LogP contribution in [-0.4, -0.2) is 16.2 Å². The minimum Gasteiger partial charge on any atom is -0.457 e. The summed E-state index contributed by atoms with van der Waals surface area (Å²) in [6, 6.07) is 59.8. The Hall–Kier alpha value is -7.31. The van der Waals surface area contributed by atoms with E-state index in [1.807, 2.05) is 24.4 Å². The van der Waals surface area contributed by atoms with Crippen molar-refractivity contribution in [1.82, 2.24) is 9.55 Å². The maximum Gasteiger partial charge on any atom is 0.141 e. The standard InChI is InChI=1S/C52H40N4O2/c1-34(2)28-35-26-27-53-49(29-35)56-45-24-13-25-47-50(45)51-46(56)31-40(32-48(51)58-47)57-39-19-11-18-38(30-39)54-33-55(44-23-10-9-22-43(44)54)52-41(36-14-5-3-6-15-36)20-12-21-42(52)37-16-7-4-8-17-37/h3-27,29-32,34H,28,33H2,1-2H3. The predicted octanol–water partition coefficient (Wildman–Crippen LogP) is 13.9. The fraction of sp³-hybridized carbons (Fsp3) is 0.0962. The molecule has 280 valence electrons. The van der Waals surface area contributed by atoms with Crippen molar-refractivity contribution in [2.24, 2.45) is 5.92 Å². The van der Waals surface area contributed by atoms with Crippen molar-refractivity contribution in [2.45, 2.75) is 20.3 Å². The van der Waals surface area contributed by atoms with Gasteiger partial charge in [0.1, 0.15) is 35.2 Å². The first-order valence-electron chi connectivity index (χ1n) is 20.0. The highest BCUT2D eigenvalue weighted by Crippen LogP contribution is 2.50. The van der Waals surface area contributed by atoms with Crippen LogP contribution >= 0.6 is 0 Å². The van der Waals surface area contributed by atoms with Crippen LogP contribution < -0.4 is 14.5 Å². The molecule has 3 aromatic heterocycles. The van der Waals surface area contributed by atoms with Gasteiger partial charge in [-0.15, -0.1) is 0 Å². The summed E-state index contributed by atoms with van der Waals surface area (Å²) in [5, 5.41) is 2.20. The van der Waals surface area contributed by atoms with Crippen LogP contribution in [-0.2, 0) is 6.42 Å². The molecule has 1 aliphatic heterocycles. The van der Waals surface area contributed by atoms with Gasteiger partial charge in [-0.2, -0.15) is 0 Å². The van der Waals surface area contributed by atoms with Gasteiger partial charge in [0.15, 0.2) is 0 Å². The number of fused-ring (bicyclic) bond motifs is 1. The summed E-state index contributed by atoms with van der Waals surface area (Å²) in [4.78, 5) is 9.70. The van der Waals surface area contributed by atoms with Crippen molar-refractivity contribution in [1.29, 1.82) is 0 Å². The Morgan fingerprint density at radius 2 is 1.26 bits per heavy atom. The Morgan fingerprint density at radius 1 is 0.586 bits per heavy atom. The summed E-state index contributed by atoms with van der Waals surface area (Å²) in [5.74, 6) is 2.88. The number of hydrogen-bond acceptors (Lipinski definition) is 5. The normalized spacial score (nSPS) is 12.7. The van der Waals surface area contributed by atoms with Crippen LogP contribution in [0.2, 0.25) is 0 Å². The van der Waals surface area contributed by atoms with Crippen molar-refractivity contribution >= 4 is 55.7 Å². The van der Waals surface area contributed by atoms with E-state index in [1.165, 1.54) is 33.5 Å². The smallest absolute Gasteiger partial charge is 0.141 e. The number of ether oxygens (including phenoxy) is 1. The third kappa shape index (κ3) is 5.67. The van der Waals surface area contributed by atoms with E-state index in [2.05, 4.69) is 180 Å². The van der Waals surface area contributed by atoms with Crippen LogP contribution in [0, 0.1) is 5.92 Å². The maximum atomic E-state index is 6.78. The lowest BCUT2D eigenvalue weighted by Gasteiger charge is -2.27. The lowest BCUT2D eigenvalue weighted by Crippen LogP contribution is -2.24. The van der Waals surface area contributed by atoms with E-state index in [0.717, 1.165) is 68.0 Å². The van der Waals surface area contributed by atoms with Crippen molar-refractivity contribution in [3.8, 4) is 39.6 Å². The molecule has 1 aliphatic rings. The quantitative estimate of drug-likeness (QED) is 0.147. The summed E-state index contributed by atoms with van der Waals surface area (Å²) in [5.41, 5.74) is 14.2. The molecule has 0 bridgehead atoms. The number of furan rings is 1. The molecular formula is C52H40N4O2. The van der Waals surface area contributed by atoms with E-state index in [0.29, 0.717) is 18.3 Å².